The Balaban J connectivity index is 2.13. The number of hydrogen-bond acceptors (Lipinski definition) is 4. The lowest BCUT2D eigenvalue weighted by Gasteiger charge is -2.34. The summed E-state index contributed by atoms with van der Waals surface area (Å²) in [5, 5.41) is 2.51. The van der Waals surface area contributed by atoms with Crippen LogP contribution in [0, 0.1) is 13.8 Å². The third kappa shape index (κ3) is 3.07. The summed E-state index contributed by atoms with van der Waals surface area (Å²) in [7, 11) is -2.33. The molecule has 0 spiro atoms. The van der Waals surface area contributed by atoms with Gasteiger partial charge in [0.05, 0.1) is 17.1 Å². The number of rotatable bonds is 3. The predicted molar refractivity (Wildman–Crippen MR) is 95.4 cm³/mol. The fraction of sp³-hybridized carbons (Fsp3) is 0.278. The number of carbonyl (C=O) groups excluding carboxylic acids is 1. The molecule has 0 radical (unpaired) electrons. The molecule has 132 valence electrons. The van der Waals surface area contributed by atoms with Crippen molar-refractivity contribution in [2.45, 2.75) is 24.8 Å². The molecule has 7 heteroatoms. The molecule has 1 aliphatic rings. The number of sulfonamides is 1. The molecule has 1 atom stereocenters. The van der Waals surface area contributed by atoms with E-state index in [9.17, 15) is 13.2 Å². The number of benzene rings is 2. The molecule has 0 aliphatic carbocycles. The maximum atomic E-state index is 13.3. The number of anilines is 1. The van der Waals surface area contributed by atoms with E-state index in [0.717, 1.165) is 5.56 Å². The number of ether oxygens (including phenoxy) is 1. The van der Waals surface area contributed by atoms with Crippen LogP contribution < -0.4 is 14.4 Å². The van der Waals surface area contributed by atoms with Gasteiger partial charge < -0.3 is 10.1 Å². The van der Waals surface area contributed by atoms with Crippen molar-refractivity contribution in [2.24, 2.45) is 0 Å². The maximum absolute atomic E-state index is 13.3. The Kier molecular flexibility index (Phi) is 4.43. The van der Waals surface area contributed by atoms with E-state index in [4.69, 9.17) is 4.74 Å². The Morgan fingerprint density at radius 1 is 1.20 bits per heavy atom. The summed E-state index contributed by atoms with van der Waals surface area (Å²) in [4.78, 5) is 12.3. The van der Waals surface area contributed by atoms with Crippen LogP contribution in [0.2, 0.25) is 0 Å². The molecular weight excluding hydrogens is 340 g/mol. The van der Waals surface area contributed by atoms with E-state index < -0.39 is 16.1 Å². The molecule has 0 saturated heterocycles. The van der Waals surface area contributed by atoms with Gasteiger partial charge in [-0.2, -0.15) is 0 Å². The van der Waals surface area contributed by atoms with Crippen LogP contribution >= 0.6 is 0 Å². The first kappa shape index (κ1) is 17.3. The molecule has 1 amide bonds. The highest BCUT2D eigenvalue weighted by atomic mass is 32.2. The third-order valence-corrected chi connectivity index (χ3v) is 6.11. The Morgan fingerprint density at radius 2 is 1.92 bits per heavy atom. The minimum atomic E-state index is -3.83. The van der Waals surface area contributed by atoms with Gasteiger partial charge in [0, 0.05) is 7.05 Å². The molecule has 2 aromatic rings. The topological polar surface area (TPSA) is 75.7 Å². The van der Waals surface area contributed by atoms with Crippen LogP contribution in [0.1, 0.15) is 11.1 Å². The zero-order valence-electron chi connectivity index (χ0n) is 14.3. The van der Waals surface area contributed by atoms with Gasteiger partial charge in [-0.25, -0.2) is 8.42 Å². The van der Waals surface area contributed by atoms with Gasteiger partial charge in [0.25, 0.3) is 15.9 Å². The molecule has 0 saturated carbocycles. The second kappa shape index (κ2) is 6.40. The second-order valence-electron chi connectivity index (χ2n) is 5.99. The molecule has 1 heterocycles. The van der Waals surface area contributed by atoms with Gasteiger partial charge in [-0.05, 0) is 43.2 Å². The lowest BCUT2D eigenvalue weighted by Crippen LogP contribution is -2.50. The van der Waals surface area contributed by atoms with Crippen LogP contribution in [-0.4, -0.2) is 34.0 Å². The van der Waals surface area contributed by atoms with Gasteiger partial charge in [0.15, 0.2) is 6.10 Å². The molecule has 1 N–H and O–H groups in total. The van der Waals surface area contributed by atoms with E-state index >= 15 is 0 Å². The number of aryl methyl sites for hydroxylation is 2. The van der Waals surface area contributed by atoms with Crippen molar-refractivity contribution in [3.8, 4) is 5.75 Å². The second-order valence-corrected chi connectivity index (χ2v) is 7.82. The van der Waals surface area contributed by atoms with Gasteiger partial charge >= 0.3 is 0 Å². The number of hydrogen-bond donors (Lipinski definition) is 1. The Morgan fingerprint density at radius 3 is 2.64 bits per heavy atom. The monoisotopic (exact) mass is 360 g/mol. The molecule has 2 aromatic carbocycles. The van der Waals surface area contributed by atoms with Gasteiger partial charge in [-0.1, -0.05) is 24.3 Å². The number of amides is 1. The molecule has 0 bridgehead atoms. The summed E-state index contributed by atoms with van der Waals surface area (Å²) in [6.07, 6.45) is -0.903. The minimum absolute atomic E-state index is 0.0770. The zero-order chi connectivity index (χ0) is 18.2. The molecule has 25 heavy (non-hydrogen) atoms. The minimum Gasteiger partial charge on any atom is -0.476 e. The van der Waals surface area contributed by atoms with Crippen molar-refractivity contribution < 1.29 is 17.9 Å². The van der Waals surface area contributed by atoms with E-state index in [-0.39, 0.29) is 17.3 Å². The van der Waals surface area contributed by atoms with Crippen molar-refractivity contribution in [3.63, 3.8) is 0 Å². The fourth-order valence-electron chi connectivity index (χ4n) is 2.83. The molecular formula is C18H20N2O4S. The normalized spacial score (nSPS) is 16.8. The van der Waals surface area contributed by atoms with Crippen LogP contribution in [0.3, 0.4) is 0 Å². The van der Waals surface area contributed by atoms with Crippen LogP contribution in [0.15, 0.2) is 47.4 Å². The van der Waals surface area contributed by atoms with Crippen molar-refractivity contribution in [1.82, 2.24) is 5.32 Å². The van der Waals surface area contributed by atoms with Gasteiger partial charge in [-0.3, -0.25) is 9.10 Å². The number of nitrogens with zero attached hydrogens (tertiary/aromatic N) is 1. The van der Waals surface area contributed by atoms with Crippen molar-refractivity contribution in [1.29, 1.82) is 0 Å². The number of likely N-dealkylation sites (N-methyl/N-ethyl adjacent to an activating group) is 1. The summed E-state index contributed by atoms with van der Waals surface area (Å²) in [5.41, 5.74) is 1.95. The van der Waals surface area contributed by atoms with E-state index in [2.05, 4.69) is 5.32 Å². The van der Waals surface area contributed by atoms with Gasteiger partial charge in [0.2, 0.25) is 0 Å². The van der Waals surface area contributed by atoms with E-state index in [1.807, 2.05) is 13.0 Å². The Labute approximate surface area is 147 Å². The highest BCUT2D eigenvalue weighted by molar-refractivity contribution is 7.93. The number of nitrogens with one attached hydrogen (secondary N) is 1. The zero-order valence-corrected chi connectivity index (χ0v) is 15.1. The Hall–Kier alpha value is -2.54. The summed E-state index contributed by atoms with van der Waals surface area (Å²) in [6.45, 7) is 3.53. The predicted octanol–water partition coefficient (Wildman–Crippen LogP) is 2.01. The van der Waals surface area contributed by atoms with Crippen LogP contribution in [-0.2, 0) is 14.8 Å². The summed E-state index contributed by atoms with van der Waals surface area (Å²) < 4.78 is 33.6. The first-order valence-corrected chi connectivity index (χ1v) is 9.36. The third-order valence-electron chi connectivity index (χ3n) is 4.19. The average molecular weight is 360 g/mol. The quantitative estimate of drug-likeness (QED) is 0.908. The van der Waals surface area contributed by atoms with Gasteiger partial charge in [-0.15, -0.1) is 0 Å². The lowest BCUT2D eigenvalue weighted by atomic mass is 10.2. The average Bonchev–Trinajstić information content (AvgIpc) is 2.61. The molecule has 1 aliphatic heterocycles. The van der Waals surface area contributed by atoms with E-state index in [1.54, 1.807) is 43.3 Å². The first-order chi connectivity index (χ1) is 11.8. The number of fused-ring (bicyclic) bond motifs is 1. The molecule has 0 unspecified atom stereocenters. The summed E-state index contributed by atoms with van der Waals surface area (Å²) in [5.74, 6) is 0.00639. The van der Waals surface area contributed by atoms with Crippen LogP contribution in [0.25, 0.3) is 0 Å². The number of carbonyl (C=O) groups is 1. The molecule has 0 aromatic heterocycles. The SMILES string of the molecule is CNC(=O)[C@@H]1CN(S(=O)(=O)c2cc(C)ccc2C)c2ccccc2O1. The molecule has 0 fully saturated rings. The first-order valence-electron chi connectivity index (χ1n) is 7.92. The summed E-state index contributed by atoms with van der Waals surface area (Å²) >= 11 is 0. The fourth-order valence-corrected chi connectivity index (χ4v) is 4.62. The van der Waals surface area contributed by atoms with Gasteiger partial charge in [0.1, 0.15) is 5.75 Å². The maximum Gasteiger partial charge on any atom is 0.264 e. The smallest absolute Gasteiger partial charge is 0.264 e. The van der Waals surface area contributed by atoms with E-state index in [1.165, 1.54) is 11.4 Å². The number of para-hydroxylation sites is 2. The molecule has 3 rings (SSSR count). The Bertz CT molecular complexity index is 924. The van der Waals surface area contributed by atoms with E-state index in [0.29, 0.717) is 17.0 Å². The largest absolute Gasteiger partial charge is 0.476 e. The highest BCUT2D eigenvalue weighted by Gasteiger charge is 2.37. The standard InChI is InChI=1S/C18H20N2O4S/c1-12-8-9-13(2)17(10-12)25(22,23)20-11-16(18(21)19-3)24-15-7-5-4-6-14(15)20/h4-10,16H,11H2,1-3H3,(H,19,21)/t16-/m0/s1. The van der Waals surface area contributed by atoms with Crippen LogP contribution in [0.5, 0.6) is 5.75 Å². The van der Waals surface area contributed by atoms with Crippen molar-refractivity contribution in [2.75, 3.05) is 17.9 Å². The molecule has 6 nitrogen and oxygen atoms in total. The highest BCUT2D eigenvalue weighted by Crippen LogP contribution is 2.37. The van der Waals surface area contributed by atoms with Crippen LogP contribution in [0.4, 0.5) is 5.69 Å². The summed E-state index contributed by atoms with van der Waals surface area (Å²) in [6, 6.07) is 12.1. The van der Waals surface area contributed by atoms with Crippen molar-refractivity contribution >= 4 is 21.6 Å². The van der Waals surface area contributed by atoms with Crippen molar-refractivity contribution in [3.05, 3.63) is 53.6 Å². The lowest BCUT2D eigenvalue weighted by molar-refractivity contribution is -0.127.